The molecule has 1 aromatic carbocycles. The van der Waals surface area contributed by atoms with E-state index in [-0.39, 0.29) is 6.04 Å². The second-order valence-electron chi connectivity index (χ2n) is 5.58. The zero-order valence-electron chi connectivity index (χ0n) is 12.2. The van der Waals surface area contributed by atoms with Crippen molar-refractivity contribution < 1.29 is 4.74 Å². The number of fused-ring (bicyclic) bond motifs is 1. The van der Waals surface area contributed by atoms with Crippen LogP contribution in [0, 0.1) is 6.92 Å². The molecule has 0 saturated carbocycles. The fourth-order valence-electron chi connectivity index (χ4n) is 2.86. The van der Waals surface area contributed by atoms with E-state index in [1.54, 1.807) is 7.11 Å². The van der Waals surface area contributed by atoms with E-state index in [2.05, 4.69) is 30.0 Å². The summed E-state index contributed by atoms with van der Waals surface area (Å²) < 4.78 is 5.08. The summed E-state index contributed by atoms with van der Waals surface area (Å²) in [4.78, 5) is 2.45. The van der Waals surface area contributed by atoms with Crippen LogP contribution in [0.25, 0.3) is 0 Å². The average molecular weight is 262 g/mol. The van der Waals surface area contributed by atoms with Crippen molar-refractivity contribution in [1.29, 1.82) is 0 Å². The molecule has 1 unspecified atom stereocenters. The normalized spacial score (nSPS) is 16.3. The van der Waals surface area contributed by atoms with Crippen molar-refractivity contribution in [2.45, 2.75) is 38.6 Å². The molecule has 0 aromatic heterocycles. The first-order valence-corrected chi connectivity index (χ1v) is 7.29. The van der Waals surface area contributed by atoms with Gasteiger partial charge in [0.15, 0.2) is 0 Å². The van der Waals surface area contributed by atoms with Gasteiger partial charge < -0.3 is 15.4 Å². The average Bonchev–Trinajstić information content (AvgIpc) is 2.39. The molecule has 0 fully saturated rings. The minimum Gasteiger partial charge on any atom is -0.385 e. The highest BCUT2D eigenvalue weighted by molar-refractivity contribution is 5.56. The summed E-state index contributed by atoms with van der Waals surface area (Å²) in [6.07, 6.45) is 4.52. The summed E-state index contributed by atoms with van der Waals surface area (Å²) in [7, 11) is 1.74. The van der Waals surface area contributed by atoms with Gasteiger partial charge in [0.1, 0.15) is 0 Å². The van der Waals surface area contributed by atoms with Crippen molar-refractivity contribution in [2.24, 2.45) is 5.73 Å². The van der Waals surface area contributed by atoms with E-state index < -0.39 is 0 Å². The molecule has 3 nitrogen and oxygen atoms in total. The Morgan fingerprint density at radius 3 is 3.05 bits per heavy atom. The lowest BCUT2D eigenvalue weighted by molar-refractivity contribution is 0.190. The number of methoxy groups -OCH3 is 1. The predicted octanol–water partition coefficient (Wildman–Crippen LogP) is 2.50. The van der Waals surface area contributed by atoms with Gasteiger partial charge in [-0.25, -0.2) is 0 Å². The molecule has 2 rings (SSSR count). The minimum atomic E-state index is 0.238. The topological polar surface area (TPSA) is 38.5 Å². The quantitative estimate of drug-likeness (QED) is 0.801. The minimum absolute atomic E-state index is 0.238. The van der Waals surface area contributed by atoms with Gasteiger partial charge in [0.05, 0.1) is 0 Å². The highest BCUT2D eigenvalue weighted by Crippen LogP contribution is 2.28. The molecule has 1 aromatic rings. The van der Waals surface area contributed by atoms with Gasteiger partial charge in [0.2, 0.25) is 0 Å². The number of nitrogens with two attached hydrogens (primary N) is 1. The van der Waals surface area contributed by atoms with Gasteiger partial charge in [-0.15, -0.1) is 0 Å². The molecular weight excluding hydrogens is 236 g/mol. The van der Waals surface area contributed by atoms with Gasteiger partial charge in [0, 0.05) is 38.5 Å². The van der Waals surface area contributed by atoms with Gasteiger partial charge in [-0.2, -0.15) is 0 Å². The van der Waals surface area contributed by atoms with Crippen molar-refractivity contribution in [3.63, 3.8) is 0 Å². The van der Waals surface area contributed by atoms with E-state index in [0.717, 1.165) is 32.5 Å². The Morgan fingerprint density at radius 2 is 2.26 bits per heavy atom. The highest BCUT2D eigenvalue weighted by Gasteiger charge is 2.18. The van der Waals surface area contributed by atoms with E-state index in [4.69, 9.17) is 10.5 Å². The Labute approximate surface area is 116 Å². The van der Waals surface area contributed by atoms with Gasteiger partial charge in [-0.3, -0.25) is 0 Å². The van der Waals surface area contributed by atoms with Crippen molar-refractivity contribution in [2.75, 3.05) is 31.7 Å². The number of anilines is 1. The van der Waals surface area contributed by atoms with Gasteiger partial charge in [-0.1, -0.05) is 17.7 Å². The molecule has 1 aliphatic heterocycles. The van der Waals surface area contributed by atoms with Gasteiger partial charge in [0.25, 0.3) is 0 Å². The molecule has 2 N–H and O–H groups in total. The highest BCUT2D eigenvalue weighted by atomic mass is 16.5. The Balaban J connectivity index is 1.95. The summed E-state index contributed by atoms with van der Waals surface area (Å²) in [6, 6.07) is 7.01. The van der Waals surface area contributed by atoms with Crippen LogP contribution in [0.4, 0.5) is 5.69 Å². The molecule has 0 aliphatic carbocycles. The monoisotopic (exact) mass is 262 g/mol. The van der Waals surface area contributed by atoms with Crippen LogP contribution in [0.15, 0.2) is 18.2 Å². The van der Waals surface area contributed by atoms with E-state index in [9.17, 15) is 0 Å². The van der Waals surface area contributed by atoms with E-state index in [1.807, 2.05) is 0 Å². The molecule has 0 saturated heterocycles. The van der Waals surface area contributed by atoms with Crippen molar-refractivity contribution in [3.05, 3.63) is 29.3 Å². The second kappa shape index (κ2) is 6.92. The molecule has 19 heavy (non-hydrogen) atoms. The summed E-state index contributed by atoms with van der Waals surface area (Å²) >= 11 is 0. The molecule has 0 bridgehead atoms. The third-order valence-corrected chi connectivity index (χ3v) is 3.83. The second-order valence-corrected chi connectivity index (χ2v) is 5.58. The van der Waals surface area contributed by atoms with Crippen LogP contribution in [-0.4, -0.2) is 32.8 Å². The molecular formula is C16H26N2O. The summed E-state index contributed by atoms with van der Waals surface area (Å²) in [5.74, 6) is 0. The molecule has 0 radical (unpaired) electrons. The number of nitrogens with zero attached hydrogens (tertiary/aromatic N) is 1. The van der Waals surface area contributed by atoms with Crippen LogP contribution in [0.1, 0.15) is 30.4 Å². The fraction of sp³-hybridized carbons (Fsp3) is 0.625. The number of hydrogen-bond acceptors (Lipinski definition) is 3. The van der Waals surface area contributed by atoms with Crippen LogP contribution in [-0.2, 0) is 11.2 Å². The van der Waals surface area contributed by atoms with E-state index >= 15 is 0 Å². The van der Waals surface area contributed by atoms with E-state index in [1.165, 1.54) is 29.7 Å². The van der Waals surface area contributed by atoms with Crippen LogP contribution in [0.3, 0.4) is 0 Å². The number of aryl methyl sites for hydroxylation is 2. The molecule has 106 valence electrons. The van der Waals surface area contributed by atoms with Crippen molar-refractivity contribution in [1.82, 2.24) is 0 Å². The smallest absolute Gasteiger partial charge is 0.0462 e. The molecule has 0 spiro atoms. The lowest BCUT2D eigenvalue weighted by atomic mass is 9.99. The zero-order chi connectivity index (χ0) is 13.7. The first-order valence-electron chi connectivity index (χ1n) is 7.29. The zero-order valence-corrected chi connectivity index (χ0v) is 12.2. The summed E-state index contributed by atoms with van der Waals surface area (Å²) in [6.45, 7) is 5.06. The number of rotatable bonds is 6. The largest absolute Gasteiger partial charge is 0.385 e. The maximum atomic E-state index is 6.24. The maximum absolute atomic E-state index is 6.24. The number of benzene rings is 1. The number of ether oxygens (including phenoxy) is 1. The standard InChI is InChI=1S/C16H26N2O/c1-13-7-8-16-14(11-13)5-3-9-18(16)12-15(17)6-4-10-19-2/h7-8,11,15H,3-6,9-10,12,17H2,1-2H3. The summed E-state index contributed by atoms with van der Waals surface area (Å²) in [5, 5.41) is 0. The molecule has 1 heterocycles. The third kappa shape index (κ3) is 3.95. The molecule has 1 aliphatic rings. The first-order chi connectivity index (χ1) is 9.20. The lowest BCUT2D eigenvalue weighted by Gasteiger charge is -2.33. The molecule has 3 heteroatoms. The van der Waals surface area contributed by atoms with Gasteiger partial charge in [-0.05, 0) is 44.2 Å². The third-order valence-electron chi connectivity index (χ3n) is 3.83. The Morgan fingerprint density at radius 1 is 1.42 bits per heavy atom. The van der Waals surface area contributed by atoms with Crippen LogP contribution < -0.4 is 10.6 Å². The Kier molecular flexibility index (Phi) is 5.23. The maximum Gasteiger partial charge on any atom is 0.0462 e. The first kappa shape index (κ1) is 14.4. The fourth-order valence-corrected chi connectivity index (χ4v) is 2.86. The SMILES string of the molecule is COCCCC(N)CN1CCCc2cc(C)ccc21. The Hall–Kier alpha value is -1.06. The van der Waals surface area contributed by atoms with Crippen LogP contribution >= 0.6 is 0 Å². The summed E-state index contributed by atoms with van der Waals surface area (Å²) in [5.41, 5.74) is 10.5. The lowest BCUT2D eigenvalue weighted by Crippen LogP contribution is -2.40. The van der Waals surface area contributed by atoms with E-state index in [0.29, 0.717) is 0 Å². The van der Waals surface area contributed by atoms with Crippen LogP contribution in [0.2, 0.25) is 0 Å². The molecule has 1 atom stereocenters. The van der Waals surface area contributed by atoms with Crippen molar-refractivity contribution >= 4 is 5.69 Å². The van der Waals surface area contributed by atoms with Crippen molar-refractivity contribution in [3.8, 4) is 0 Å². The molecule has 0 amide bonds. The number of hydrogen-bond donors (Lipinski definition) is 1. The van der Waals surface area contributed by atoms with Gasteiger partial charge >= 0.3 is 0 Å². The Bertz CT molecular complexity index is 406. The van der Waals surface area contributed by atoms with Crippen LogP contribution in [0.5, 0.6) is 0 Å². The predicted molar refractivity (Wildman–Crippen MR) is 80.8 cm³/mol.